The summed E-state index contributed by atoms with van der Waals surface area (Å²) < 4.78 is 15.9. The first-order valence-corrected chi connectivity index (χ1v) is 10.4. The fraction of sp³-hybridized carbons (Fsp3) is 0.571. The second kappa shape index (κ2) is 9.44. The Morgan fingerprint density at radius 2 is 2.00 bits per heavy atom. The summed E-state index contributed by atoms with van der Waals surface area (Å²) in [7, 11) is 3.57. The van der Waals surface area contributed by atoms with Gasteiger partial charge in [-0.2, -0.15) is 4.98 Å². The van der Waals surface area contributed by atoms with E-state index in [4.69, 9.17) is 18.9 Å². The Labute approximate surface area is 176 Å². The molecule has 2 aliphatic rings. The van der Waals surface area contributed by atoms with Crippen LogP contribution in [0.1, 0.15) is 18.6 Å². The molecule has 0 N–H and O–H groups in total. The van der Waals surface area contributed by atoms with Crippen molar-refractivity contribution < 1.29 is 13.9 Å². The number of nitrogens with zero attached hydrogens (tertiary/aromatic N) is 5. The summed E-state index contributed by atoms with van der Waals surface area (Å²) in [5.41, 5.74) is -0.145. The van der Waals surface area contributed by atoms with E-state index in [1.54, 1.807) is 0 Å². The molecule has 0 aromatic carbocycles. The molecule has 9 heteroatoms. The third-order valence-electron chi connectivity index (χ3n) is 5.84. The van der Waals surface area contributed by atoms with Gasteiger partial charge in [0.05, 0.1) is 26.9 Å². The van der Waals surface area contributed by atoms with E-state index in [9.17, 15) is 4.79 Å². The van der Waals surface area contributed by atoms with E-state index < -0.39 is 0 Å². The molecule has 0 spiro atoms. The van der Waals surface area contributed by atoms with Crippen LogP contribution in [0.15, 0.2) is 33.8 Å². The number of methoxy groups -OCH3 is 1. The van der Waals surface area contributed by atoms with Crippen molar-refractivity contribution in [3.05, 3.63) is 40.6 Å². The van der Waals surface area contributed by atoms with Crippen LogP contribution in [-0.4, -0.2) is 74.5 Å². The van der Waals surface area contributed by atoms with Crippen LogP contribution < -0.4 is 20.0 Å². The van der Waals surface area contributed by atoms with Gasteiger partial charge in [0.15, 0.2) is 0 Å². The maximum atomic E-state index is 11.9. The lowest BCUT2D eigenvalue weighted by Crippen LogP contribution is -2.43. The molecular formula is C21H29N5O4. The molecule has 2 fully saturated rings. The molecule has 2 saturated heterocycles. The second-order valence-electron chi connectivity index (χ2n) is 7.71. The van der Waals surface area contributed by atoms with Gasteiger partial charge < -0.3 is 23.7 Å². The third kappa shape index (κ3) is 4.73. The zero-order valence-electron chi connectivity index (χ0n) is 17.6. The highest BCUT2D eigenvalue weighted by Gasteiger charge is 2.25. The summed E-state index contributed by atoms with van der Waals surface area (Å²) in [5, 5.41) is 0. The Hall–Kier alpha value is -2.65. The first-order chi connectivity index (χ1) is 14.6. The summed E-state index contributed by atoms with van der Waals surface area (Å²) in [6.45, 7) is 5.59. The van der Waals surface area contributed by atoms with Crippen LogP contribution in [0.25, 0.3) is 0 Å². The van der Waals surface area contributed by atoms with Crippen molar-refractivity contribution in [2.45, 2.75) is 25.4 Å². The van der Waals surface area contributed by atoms with Gasteiger partial charge in [0.25, 0.3) is 0 Å². The van der Waals surface area contributed by atoms with Crippen LogP contribution in [-0.2, 0) is 11.3 Å². The number of likely N-dealkylation sites (tertiary alicyclic amines) is 1. The fourth-order valence-electron chi connectivity index (χ4n) is 3.99. The van der Waals surface area contributed by atoms with Crippen LogP contribution in [0.4, 0.5) is 11.8 Å². The topological polar surface area (TPSA) is 84.2 Å². The highest BCUT2D eigenvalue weighted by atomic mass is 16.5. The molecule has 0 atom stereocenters. The highest BCUT2D eigenvalue weighted by Crippen LogP contribution is 2.23. The largest absolute Gasteiger partial charge is 0.490 e. The highest BCUT2D eigenvalue weighted by molar-refractivity contribution is 5.44. The Kier molecular flexibility index (Phi) is 6.49. The average molecular weight is 415 g/mol. The predicted octanol–water partition coefficient (Wildman–Crippen LogP) is 1.38. The average Bonchev–Trinajstić information content (AvgIpc) is 2.80. The maximum Gasteiger partial charge on any atom is 0.227 e. The van der Waals surface area contributed by atoms with E-state index >= 15 is 0 Å². The molecule has 2 aromatic rings. The SMILES string of the molecule is COc1coc(CN2CCC(N(C)c3ccnc(N4CCOCC4)n3)CC2)cc1=O. The smallest absolute Gasteiger partial charge is 0.227 e. The van der Waals surface area contributed by atoms with E-state index in [-0.39, 0.29) is 11.2 Å². The van der Waals surface area contributed by atoms with Gasteiger partial charge >= 0.3 is 0 Å². The molecule has 2 aliphatic heterocycles. The van der Waals surface area contributed by atoms with Crippen molar-refractivity contribution in [3.8, 4) is 5.75 Å². The molecule has 9 nitrogen and oxygen atoms in total. The van der Waals surface area contributed by atoms with Crippen LogP contribution in [0.3, 0.4) is 0 Å². The zero-order chi connectivity index (χ0) is 20.9. The van der Waals surface area contributed by atoms with E-state index in [1.165, 1.54) is 19.4 Å². The van der Waals surface area contributed by atoms with E-state index in [0.29, 0.717) is 18.3 Å². The van der Waals surface area contributed by atoms with Crippen LogP contribution in [0, 0.1) is 0 Å². The number of ether oxygens (including phenoxy) is 2. The molecule has 0 bridgehead atoms. The molecule has 4 heterocycles. The molecule has 162 valence electrons. The predicted molar refractivity (Wildman–Crippen MR) is 113 cm³/mol. The standard InChI is InChI=1S/C21H29N5O4/c1-24(20-3-6-22-21(23-20)26-9-11-29-12-10-26)16-4-7-25(8-5-16)14-17-13-18(27)19(28-2)15-30-17/h3,6,13,15-16H,4-5,7-12,14H2,1-2H3. The number of piperidine rings is 1. The second-order valence-corrected chi connectivity index (χ2v) is 7.71. The van der Waals surface area contributed by atoms with Crippen LogP contribution in [0.2, 0.25) is 0 Å². The van der Waals surface area contributed by atoms with Crippen molar-refractivity contribution in [2.75, 3.05) is 63.4 Å². The summed E-state index contributed by atoms with van der Waals surface area (Å²) in [4.78, 5) is 27.9. The number of aromatic nitrogens is 2. The number of anilines is 2. The third-order valence-corrected chi connectivity index (χ3v) is 5.84. The molecule has 30 heavy (non-hydrogen) atoms. The normalized spacial score (nSPS) is 18.4. The Bertz CT molecular complexity index is 891. The van der Waals surface area contributed by atoms with Crippen molar-refractivity contribution >= 4 is 11.8 Å². The van der Waals surface area contributed by atoms with E-state index in [0.717, 1.165) is 64.0 Å². The van der Waals surface area contributed by atoms with Gasteiger partial charge in [-0.15, -0.1) is 0 Å². The van der Waals surface area contributed by atoms with E-state index in [2.05, 4.69) is 26.7 Å². The number of hydrogen-bond acceptors (Lipinski definition) is 9. The summed E-state index contributed by atoms with van der Waals surface area (Å²) in [6, 6.07) is 3.91. The summed E-state index contributed by atoms with van der Waals surface area (Å²) in [6.07, 6.45) is 5.27. The minimum atomic E-state index is -0.145. The molecule has 0 aliphatic carbocycles. The minimum absolute atomic E-state index is 0.145. The first-order valence-electron chi connectivity index (χ1n) is 10.4. The zero-order valence-corrected chi connectivity index (χ0v) is 17.6. The van der Waals surface area contributed by atoms with Gasteiger partial charge in [0.1, 0.15) is 17.8 Å². The molecular weight excluding hydrogens is 386 g/mol. The molecule has 0 unspecified atom stereocenters. The van der Waals surface area contributed by atoms with Gasteiger partial charge in [-0.05, 0) is 18.9 Å². The van der Waals surface area contributed by atoms with E-state index in [1.807, 2.05) is 12.3 Å². The number of morpholine rings is 1. The lowest BCUT2D eigenvalue weighted by Gasteiger charge is -2.37. The lowest BCUT2D eigenvalue weighted by atomic mass is 10.0. The molecule has 0 radical (unpaired) electrons. The first kappa shape index (κ1) is 20.6. The minimum Gasteiger partial charge on any atom is -0.490 e. The van der Waals surface area contributed by atoms with Crippen molar-refractivity contribution in [1.29, 1.82) is 0 Å². The van der Waals surface area contributed by atoms with Crippen LogP contribution in [0.5, 0.6) is 5.75 Å². The van der Waals surface area contributed by atoms with Crippen molar-refractivity contribution in [3.63, 3.8) is 0 Å². The Morgan fingerprint density at radius 1 is 1.23 bits per heavy atom. The fourth-order valence-corrected chi connectivity index (χ4v) is 3.99. The number of hydrogen-bond donors (Lipinski definition) is 0. The maximum absolute atomic E-state index is 11.9. The molecule has 0 amide bonds. The van der Waals surface area contributed by atoms with Gasteiger partial charge in [-0.25, -0.2) is 4.98 Å². The van der Waals surface area contributed by atoms with Gasteiger partial charge in [0.2, 0.25) is 17.1 Å². The summed E-state index contributed by atoms with van der Waals surface area (Å²) >= 11 is 0. The van der Waals surface area contributed by atoms with Gasteiger partial charge in [0, 0.05) is 51.5 Å². The van der Waals surface area contributed by atoms with Crippen molar-refractivity contribution in [2.24, 2.45) is 0 Å². The van der Waals surface area contributed by atoms with Crippen molar-refractivity contribution in [1.82, 2.24) is 14.9 Å². The quantitative estimate of drug-likeness (QED) is 0.694. The monoisotopic (exact) mass is 415 g/mol. The van der Waals surface area contributed by atoms with Crippen LogP contribution >= 0.6 is 0 Å². The lowest BCUT2D eigenvalue weighted by molar-refractivity contribution is 0.122. The van der Waals surface area contributed by atoms with Gasteiger partial charge in [-0.3, -0.25) is 9.69 Å². The van der Waals surface area contributed by atoms with Gasteiger partial charge in [-0.1, -0.05) is 0 Å². The Morgan fingerprint density at radius 3 is 2.70 bits per heavy atom. The molecule has 4 rings (SSSR count). The number of rotatable bonds is 6. The molecule has 0 saturated carbocycles. The molecule has 2 aromatic heterocycles. The summed E-state index contributed by atoms with van der Waals surface area (Å²) in [5.74, 6) is 2.62. The Balaban J connectivity index is 1.33.